The SMILES string of the molecule is O=C(O)COc1cnc(CBr)nc1. The molecule has 0 radical (unpaired) electrons. The van der Waals surface area contributed by atoms with Crippen LogP contribution in [0.2, 0.25) is 0 Å². The van der Waals surface area contributed by atoms with Crippen LogP contribution in [-0.2, 0) is 10.1 Å². The normalized spacial score (nSPS) is 9.62. The molecular formula is C7H7BrN2O3. The van der Waals surface area contributed by atoms with Gasteiger partial charge in [-0.15, -0.1) is 0 Å². The van der Waals surface area contributed by atoms with Crippen molar-refractivity contribution in [2.45, 2.75) is 5.33 Å². The highest BCUT2D eigenvalue weighted by atomic mass is 79.9. The molecule has 70 valence electrons. The number of hydrogen-bond acceptors (Lipinski definition) is 4. The number of ether oxygens (including phenoxy) is 1. The Morgan fingerprint density at radius 2 is 2.15 bits per heavy atom. The van der Waals surface area contributed by atoms with Crippen LogP contribution in [0.15, 0.2) is 12.4 Å². The lowest BCUT2D eigenvalue weighted by atomic mass is 10.5. The Balaban J connectivity index is 2.54. The van der Waals surface area contributed by atoms with E-state index in [-0.39, 0.29) is 6.61 Å². The number of hydrogen-bond donors (Lipinski definition) is 1. The summed E-state index contributed by atoms with van der Waals surface area (Å²) in [6.07, 6.45) is 2.87. The second-order valence-corrected chi connectivity index (χ2v) is 2.71. The van der Waals surface area contributed by atoms with E-state index >= 15 is 0 Å². The van der Waals surface area contributed by atoms with Crippen molar-refractivity contribution >= 4 is 21.9 Å². The van der Waals surface area contributed by atoms with Crippen molar-refractivity contribution in [1.82, 2.24) is 9.97 Å². The van der Waals surface area contributed by atoms with Crippen molar-refractivity contribution in [3.8, 4) is 5.75 Å². The van der Waals surface area contributed by atoms with Crippen molar-refractivity contribution in [2.75, 3.05) is 6.61 Å². The molecule has 5 nitrogen and oxygen atoms in total. The van der Waals surface area contributed by atoms with E-state index < -0.39 is 5.97 Å². The predicted molar refractivity (Wildman–Crippen MR) is 47.8 cm³/mol. The molecule has 0 unspecified atom stereocenters. The second kappa shape index (κ2) is 4.76. The molecule has 0 aliphatic heterocycles. The van der Waals surface area contributed by atoms with Crippen molar-refractivity contribution in [2.24, 2.45) is 0 Å². The Morgan fingerprint density at radius 1 is 1.54 bits per heavy atom. The predicted octanol–water partition coefficient (Wildman–Crippen LogP) is 0.835. The Morgan fingerprint density at radius 3 is 2.62 bits per heavy atom. The first-order chi connectivity index (χ1) is 6.22. The summed E-state index contributed by atoms with van der Waals surface area (Å²) in [4.78, 5) is 17.9. The lowest BCUT2D eigenvalue weighted by Crippen LogP contribution is -2.09. The number of rotatable bonds is 4. The molecule has 0 aliphatic carbocycles. The van der Waals surface area contributed by atoms with E-state index in [1.807, 2.05) is 0 Å². The molecule has 0 amide bonds. The molecule has 1 aromatic rings. The van der Waals surface area contributed by atoms with Crippen molar-refractivity contribution in [1.29, 1.82) is 0 Å². The number of carboxylic acids is 1. The van der Waals surface area contributed by atoms with Gasteiger partial charge in [0.25, 0.3) is 0 Å². The van der Waals surface area contributed by atoms with Crippen molar-refractivity contribution < 1.29 is 14.6 Å². The highest BCUT2D eigenvalue weighted by molar-refractivity contribution is 9.08. The van der Waals surface area contributed by atoms with E-state index in [1.54, 1.807) is 0 Å². The molecule has 1 heterocycles. The third-order valence-electron chi connectivity index (χ3n) is 1.16. The molecule has 0 spiro atoms. The summed E-state index contributed by atoms with van der Waals surface area (Å²) in [5.74, 6) is -0.0423. The van der Waals surface area contributed by atoms with Crippen LogP contribution in [0.5, 0.6) is 5.75 Å². The molecule has 0 bridgehead atoms. The van der Waals surface area contributed by atoms with Gasteiger partial charge in [-0.25, -0.2) is 14.8 Å². The number of aromatic nitrogens is 2. The van der Waals surface area contributed by atoms with Gasteiger partial charge in [-0.1, -0.05) is 15.9 Å². The standard InChI is InChI=1S/C7H7BrN2O3/c8-1-6-9-2-5(3-10-6)13-4-7(11)12/h2-3H,1,4H2,(H,11,12). The Kier molecular flexibility index (Phi) is 3.63. The molecule has 0 aromatic carbocycles. The molecule has 1 rings (SSSR count). The van der Waals surface area contributed by atoms with Crippen molar-refractivity contribution in [3.63, 3.8) is 0 Å². The zero-order valence-electron chi connectivity index (χ0n) is 6.61. The van der Waals surface area contributed by atoms with Gasteiger partial charge in [0.1, 0.15) is 5.82 Å². The van der Waals surface area contributed by atoms with Gasteiger partial charge in [0, 0.05) is 0 Å². The number of alkyl halides is 1. The van der Waals surface area contributed by atoms with Gasteiger partial charge in [-0.2, -0.15) is 0 Å². The van der Waals surface area contributed by atoms with Gasteiger partial charge in [0.15, 0.2) is 12.4 Å². The molecule has 1 N–H and O–H groups in total. The zero-order chi connectivity index (χ0) is 9.68. The molecular weight excluding hydrogens is 240 g/mol. The zero-order valence-corrected chi connectivity index (χ0v) is 8.19. The summed E-state index contributed by atoms with van der Waals surface area (Å²) in [5, 5.41) is 8.86. The average Bonchev–Trinajstić information content (AvgIpc) is 2.15. The number of halogens is 1. The fraction of sp³-hybridized carbons (Fsp3) is 0.286. The molecule has 1 aromatic heterocycles. The van der Waals surface area contributed by atoms with Gasteiger partial charge < -0.3 is 9.84 Å². The number of carboxylic acid groups (broad SMARTS) is 1. The van der Waals surface area contributed by atoms with E-state index in [9.17, 15) is 4.79 Å². The van der Waals surface area contributed by atoms with E-state index in [1.165, 1.54) is 12.4 Å². The topological polar surface area (TPSA) is 72.3 Å². The highest BCUT2D eigenvalue weighted by Crippen LogP contribution is 2.07. The summed E-state index contributed by atoms with van der Waals surface area (Å²) < 4.78 is 4.83. The minimum absolute atomic E-state index is 0.354. The third-order valence-corrected chi connectivity index (χ3v) is 1.66. The molecule has 0 saturated carbocycles. The maximum absolute atomic E-state index is 10.1. The number of carbonyl (C=O) groups is 1. The van der Waals surface area contributed by atoms with Gasteiger partial charge in [0.2, 0.25) is 0 Å². The first-order valence-electron chi connectivity index (χ1n) is 3.44. The van der Waals surface area contributed by atoms with E-state index in [0.717, 1.165) is 0 Å². The smallest absolute Gasteiger partial charge is 0.341 e. The van der Waals surface area contributed by atoms with Crippen LogP contribution in [0.25, 0.3) is 0 Å². The number of nitrogens with zero attached hydrogens (tertiary/aromatic N) is 2. The average molecular weight is 247 g/mol. The quantitative estimate of drug-likeness (QED) is 0.798. The molecule has 0 saturated heterocycles. The van der Waals surface area contributed by atoms with E-state index in [4.69, 9.17) is 9.84 Å². The summed E-state index contributed by atoms with van der Waals surface area (Å²) in [6.45, 7) is -0.378. The first-order valence-corrected chi connectivity index (χ1v) is 4.56. The summed E-state index contributed by atoms with van der Waals surface area (Å²) in [7, 11) is 0. The molecule has 0 aliphatic rings. The van der Waals surface area contributed by atoms with Gasteiger partial charge in [-0.3, -0.25) is 0 Å². The molecule has 0 atom stereocenters. The summed E-state index contributed by atoms with van der Waals surface area (Å²) >= 11 is 3.18. The van der Waals surface area contributed by atoms with E-state index in [2.05, 4.69) is 25.9 Å². The maximum Gasteiger partial charge on any atom is 0.341 e. The molecule has 13 heavy (non-hydrogen) atoms. The van der Waals surface area contributed by atoms with Crippen LogP contribution >= 0.6 is 15.9 Å². The first kappa shape index (κ1) is 9.91. The fourth-order valence-electron chi connectivity index (χ4n) is 0.632. The van der Waals surface area contributed by atoms with Crippen LogP contribution in [0.4, 0.5) is 0 Å². The monoisotopic (exact) mass is 246 g/mol. The molecule has 6 heteroatoms. The molecule has 0 fully saturated rings. The largest absolute Gasteiger partial charge is 0.479 e. The van der Waals surface area contributed by atoms with Gasteiger partial charge in [-0.05, 0) is 0 Å². The highest BCUT2D eigenvalue weighted by Gasteiger charge is 2.00. The van der Waals surface area contributed by atoms with Crippen LogP contribution in [0.3, 0.4) is 0 Å². The van der Waals surface area contributed by atoms with Gasteiger partial charge in [0.05, 0.1) is 17.7 Å². The maximum atomic E-state index is 10.1. The van der Waals surface area contributed by atoms with Crippen LogP contribution in [0.1, 0.15) is 5.82 Å². The van der Waals surface area contributed by atoms with Crippen molar-refractivity contribution in [3.05, 3.63) is 18.2 Å². The van der Waals surface area contributed by atoms with Crippen LogP contribution in [-0.4, -0.2) is 27.7 Å². The van der Waals surface area contributed by atoms with E-state index in [0.29, 0.717) is 16.9 Å². The fourth-order valence-corrected chi connectivity index (χ4v) is 0.921. The summed E-state index contributed by atoms with van der Waals surface area (Å²) in [5.41, 5.74) is 0. The minimum Gasteiger partial charge on any atom is -0.479 e. The van der Waals surface area contributed by atoms with Crippen LogP contribution < -0.4 is 4.74 Å². The minimum atomic E-state index is -1.02. The Hall–Kier alpha value is -1.17. The van der Waals surface area contributed by atoms with Crippen LogP contribution in [0, 0.1) is 0 Å². The summed E-state index contributed by atoms with van der Waals surface area (Å²) in [6, 6.07) is 0. The number of aliphatic carboxylic acids is 1. The lowest BCUT2D eigenvalue weighted by molar-refractivity contribution is -0.139. The Labute approximate surface area is 82.9 Å². The second-order valence-electron chi connectivity index (χ2n) is 2.15. The Bertz CT molecular complexity index is 288. The lowest BCUT2D eigenvalue weighted by Gasteiger charge is -2.01. The third kappa shape index (κ3) is 3.37. The van der Waals surface area contributed by atoms with Gasteiger partial charge >= 0.3 is 5.97 Å².